The van der Waals surface area contributed by atoms with Gasteiger partial charge in [-0.15, -0.1) is 0 Å². The van der Waals surface area contributed by atoms with Gasteiger partial charge in [0.05, 0.1) is 0 Å². The third-order valence-corrected chi connectivity index (χ3v) is 8.99. The Morgan fingerprint density at radius 3 is 0.727 bits per heavy atom. The molecular formula is C26H16Cl6S. The standard InChI is InChI=1S/C26H16Cl6S/c27-21-9-1-17(2-10-21)25(31,18-3-11-22(28)12-4-18)33-26(32,19-5-13-23(29)14-6-19)20-7-15-24(30)16-8-20/h1-16H. The average Bonchev–Trinajstić information content (AvgIpc) is 2.80. The van der Waals surface area contributed by atoms with Gasteiger partial charge in [0.2, 0.25) is 0 Å². The monoisotopic (exact) mass is 570 g/mol. The van der Waals surface area contributed by atoms with Crippen LogP contribution >= 0.6 is 81.4 Å². The summed E-state index contributed by atoms with van der Waals surface area (Å²) in [5.74, 6) is 0. The summed E-state index contributed by atoms with van der Waals surface area (Å²) in [6, 6.07) is 29.7. The first kappa shape index (κ1) is 25.1. The average molecular weight is 573 g/mol. The summed E-state index contributed by atoms with van der Waals surface area (Å²) in [7, 11) is 0. The Kier molecular flexibility index (Phi) is 7.83. The highest BCUT2D eigenvalue weighted by Crippen LogP contribution is 2.60. The van der Waals surface area contributed by atoms with Gasteiger partial charge in [-0.2, -0.15) is 0 Å². The zero-order valence-corrected chi connectivity index (χ0v) is 22.3. The van der Waals surface area contributed by atoms with Crippen molar-refractivity contribution in [3.05, 3.63) is 139 Å². The maximum atomic E-state index is 7.48. The minimum Gasteiger partial charge on any atom is -0.0968 e. The predicted molar refractivity (Wildman–Crippen MR) is 147 cm³/mol. The number of hydrogen-bond donors (Lipinski definition) is 0. The molecule has 0 spiro atoms. The molecule has 0 saturated heterocycles. The normalized spacial score (nSPS) is 12.1. The Morgan fingerprint density at radius 2 is 0.545 bits per heavy atom. The summed E-state index contributed by atoms with van der Waals surface area (Å²) in [5, 5.41) is 2.47. The second kappa shape index (κ2) is 10.3. The Morgan fingerprint density at radius 1 is 0.364 bits per heavy atom. The number of rotatable bonds is 6. The Balaban J connectivity index is 1.92. The molecule has 0 N–H and O–H groups in total. The van der Waals surface area contributed by atoms with E-state index in [1.165, 1.54) is 11.8 Å². The van der Waals surface area contributed by atoms with Gasteiger partial charge in [0.1, 0.15) is 8.41 Å². The van der Waals surface area contributed by atoms with E-state index in [1.54, 1.807) is 0 Å². The molecule has 0 radical (unpaired) electrons. The van der Waals surface area contributed by atoms with Crippen LogP contribution in [0.1, 0.15) is 22.3 Å². The molecule has 0 amide bonds. The molecule has 168 valence electrons. The van der Waals surface area contributed by atoms with Gasteiger partial charge in [-0.3, -0.25) is 0 Å². The third-order valence-electron chi connectivity index (χ3n) is 5.14. The van der Waals surface area contributed by atoms with Gasteiger partial charge >= 0.3 is 0 Å². The molecule has 0 aliphatic carbocycles. The summed E-state index contributed by atoms with van der Waals surface area (Å²) < 4.78 is -2.15. The van der Waals surface area contributed by atoms with Gasteiger partial charge in [-0.1, -0.05) is 130 Å². The van der Waals surface area contributed by atoms with Crippen LogP contribution in [0, 0.1) is 0 Å². The highest BCUT2D eigenvalue weighted by Gasteiger charge is 2.44. The van der Waals surface area contributed by atoms with Crippen LogP contribution in [0.15, 0.2) is 97.1 Å². The van der Waals surface area contributed by atoms with Crippen LogP contribution in [0.2, 0.25) is 20.1 Å². The fourth-order valence-corrected chi connectivity index (χ4v) is 6.64. The molecule has 4 rings (SSSR count). The molecule has 33 heavy (non-hydrogen) atoms. The first-order valence-corrected chi connectivity index (χ1v) is 12.9. The van der Waals surface area contributed by atoms with E-state index in [0.29, 0.717) is 20.1 Å². The van der Waals surface area contributed by atoms with E-state index in [-0.39, 0.29) is 0 Å². The lowest BCUT2D eigenvalue weighted by molar-refractivity contribution is 0.989. The molecule has 0 saturated carbocycles. The Hall–Kier alpha value is -1.03. The van der Waals surface area contributed by atoms with E-state index in [2.05, 4.69) is 0 Å². The van der Waals surface area contributed by atoms with Crippen LogP contribution in [0.5, 0.6) is 0 Å². The molecule has 0 heterocycles. The highest BCUT2D eigenvalue weighted by molar-refractivity contribution is 8.03. The van der Waals surface area contributed by atoms with Crippen LogP contribution in [-0.2, 0) is 8.41 Å². The van der Waals surface area contributed by atoms with Gasteiger partial charge in [0.25, 0.3) is 0 Å². The van der Waals surface area contributed by atoms with E-state index < -0.39 is 8.41 Å². The van der Waals surface area contributed by atoms with Crippen molar-refractivity contribution < 1.29 is 0 Å². The molecule has 0 aliphatic rings. The van der Waals surface area contributed by atoms with Crippen LogP contribution in [0.25, 0.3) is 0 Å². The third kappa shape index (κ3) is 5.46. The van der Waals surface area contributed by atoms with Crippen molar-refractivity contribution in [3.63, 3.8) is 0 Å². The summed E-state index contributed by atoms with van der Waals surface area (Å²) in [5.41, 5.74) is 3.31. The van der Waals surface area contributed by atoms with Crippen LogP contribution < -0.4 is 0 Å². The van der Waals surface area contributed by atoms with Crippen molar-refractivity contribution in [1.82, 2.24) is 0 Å². The smallest absolute Gasteiger partial charge is 0.0968 e. The van der Waals surface area contributed by atoms with Crippen LogP contribution in [0.3, 0.4) is 0 Å². The van der Waals surface area contributed by atoms with E-state index in [4.69, 9.17) is 69.6 Å². The van der Waals surface area contributed by atoms with Gasteiger partial charge < -0.3 is 0 Å². The van der Waals surface area contributed by atoms with E-state index in [9.17, 15) is 0 Å². The number of hydrogen-bond acceptors (Lipinski definition) is 1. The molecular weight excluding hydrogens is 557 g/mol. The maximum absolute atomic E-state index is 7.48. The summed E-state index contributed by atoms with van der Waals surface area (Å²) in [6.45, 7) is 0. The first-order chi connectivity index (χ1) is 15.7. The van der Waals surface area contributed by atoms with Gasteiger partial charge in [-0.25, -0.2) is 0 Å². The molecule has 0 atom stereocenters. The Bertz CT molecular complexity index is 1030. The number of thioether (sulfide) groups is 1. The lowest BCUT2D eigenvalue weighted by Crippen LogP contribution is -2.26. The largest absolute Gasteiger partial charge is 0.142 e. The SMILES string of the molecule is Clc1ccc(C(Cl)(SC(Cl)(c2ccc(Cl)cc2)c2ccc(Cl)cc2)c2ccc(Cl)cc2)cc1. The van der Waals surface area contributed by atoms with Crippen molar-refractivity contribution in [1.29, 1.82) is 0 Å². The fraction of sp³-hybridized carbons (Fsp3) is 0.0769. The van der Waals surface area contributed by atoms with Crippen LogP contribution in [0.4, 0.5) is 0 Å². The first-order valence-electron chi connectivity index (χ1n) is 9.83. The van der Waals surface area contributed by atoms with Gasteiger partial charge in [0.15, 0.2) is 0 Å². The molecule has 0 bridgehead atoms. The van der Waals surface area contributed by atoms with E-state index in [0.717, 1.165) is 22.3 Å². The van der Waals surface area contributed by atoms with Crippen molar-refractivity contribution in [2.24, 2.45) is 0 Å². The molecule has 0 unspecified atom stereocenters. The lowest BCUT2D eigenvalue weighted by atomic mass is 10.0. The number of halogens is 6. The predicted octanol–water partition coefficient (Wildman–Crippen LogP) is 10.6. The summed E-state index contributed by atoms with van der Waals surface area (Å²) >= 11 is 41.0. The number of alkyl halides is 2. The van der Waals surface area contributed by atoms with Gasteiger partial charge in [0, 0.05) is 20.1 Å². The zero-order valence-electron chi connectivity index (χ0n) is 16.9. The molecule has 0 aromatic heterocycles. The molecule has 0 nitrogen and oxygen atoms in total. The van der Waals surface area contributed by atoms with Crippen molar-refractivity contribution in [2.75, 3.05) is 0 Å². The van der Waals surface area contributed by atoms with Crippen molar-refractivity contribution >= 4 is 81.4 Å². The fourth-order valence-electron chi connectivity index (χ4n) is 3.42. The molecule has 4 aromatic rings. The minimum absolute atomic E-state index is 0.617. The van der Waals surface area contributed by atoms with Crippen LogP contribution in [-0.4, -0.2) is 0 Å². The quantitative estimate of drug-likeness (QED) is 0.207. The topological polar surface area (TPSA) is 0 Å². The Labute approximate surface area is 227 Å². The second-order valence-electron chi connectivity index (χ2n) is 7.32. The number of benzene rings is 4. The molecule has 0 aliphatic heterocycles. The zero-order chi connectivity index (χ0) is 23.6. The lowest BCUT2D eigenvalue weighted by Gasteiger charge is -2.37. The van der Waals surface area contributed by atoms with Crippen molar-refractivity contribution in [2.45, 2.75) is 8.41 Å². The summed E-state index contributed by atoms with van der Waals surface area (Å²) in [4.78, 5) is 0. The van der Waals surface area contributed by atoms with E-state index in [1.807, 2.05) is 97.1 Å². The second-order valence-corrected chi connectivity index (χ2v) is 12.1. The minimum atomic E-state index is -1.07. The summed E-state index contributed by atoms with van der Waals surface area (Å²) in [6.07, 6.45) is 0. The van der Waals surface area contributed by atoms with Crippen molar-refractivity contribution in [3.8, 4) is 0 Å². The maximum Gasteiger partial charge on any atom is 0.142 e. The molecule has 0 fully saturated rings. The van der Waals surface area contributed by atoms with E-state index >= 15 is 0 Å². The molecule has 7 heteroatoms. The highest BCUT2D eigenvalue weighted by atomic mass is 35.5. The molecule has 4 aromatic carbocycles. The van der Waals surface area contributed by atoms with Gasteiger partial charge in [-0.05, 0) is 70.8 Å².